The maximum Gasteiger partial charge on any atom is 0.169 e. The lowest BCUT2D eigenvalue weighted by Gasteiger charge is -2.21. The van der Waals surface area contributed by atoms with E-state index in [2.05, 4.69) is 17.1 Å². The first-order valence-electron chi connectivity index (χ1n) is 7.06. The Kier molecular flexibility index (Phi) is 5.38. The van der Waals surface area contributed by atoms with E-state index in [4.69, 9.17) is 4.52 Å². The maximum atomic E-state index is 9.62. The molecule has 0 amide bonds. The Balaban J connectivity index is 1.96. The molecule has 1 fully saturated rings. The van der Waals surface area contributed by atoms with Crippen LogP contribution in [0.2, 0.25) is 0 Å². The fourth-order valence-electron chi connectivity index (χ4n) is 2.50. The van der Waals surface area contributed by atoms with Gasteiger partial charge in [0.2, 0.25) is 0 Å². The molecule has 0 atom stereocenters. The average Bonchev–Trinajstić information content (AvgIpc) is 2.95. The second-order valence-corrected chi connectivity index (χ2v) is 5.14. The standard InChI is InChI=1S/C15H22N2O3/c1-2-14(19)13(10-18)15-9-12(17-20-15)4-3-11-5-7-16-8-6-11/h2,9,11,16,18-19H,1,3-8,10H2/b14-13+. The highest BCUT2D eigenvalue weighted by Gasteiger charge is 2.16. The summed E-state index contributed by atoms with van der Waals surface area (Å²) in [5.41, 5.74) is 1.18. The molecule has 1 aliphatic rings. The largest absolute Gasteiger partial charge is 0.507 e. The van der Waals surface area contributed by atoms with E-state index in [0.717, 1.165) is 37.5 Å². The Morgan fingerprint density at radius 2 is 2.25 bits per heavy atom. The number of nitrogens with zero attached hydrogens (tertiary/aromatic N) is 1. The van der Waals surface area contributed by atoms with Gasteiger partial charge in [-0.2, -0.15) is 0 Å². The predicted octanol–water partition coefficient (Wildman–Crippen LogP) is 2.05. The van der Waals surface area contributed by atoms with Crippen molar-refractivity contribution in [1.82, 2.24) is 10.5 Å². The van der Waals surface area contributed by atoms with Crippen molar-refractivity contribution in [2.75, 3.05) is 19.7 Å². The molecule has 0 radical (unpaired) electrons. The number of aryl methyl sites for hydroxylation is 1. The minimum Gasteiger partial charge on any atom is -0.507 e. The van der Waals surface area contributed by atoms with Crippen LogP contribution >= 0.6 is 0 Å². The van der Waals surface area contributed by atoms with Gasteiger partial charge in [-0.15, -0.1) is 0 Å². The Labute approximate surface area is 119 Å². The highest BCUT2D eigenvalue weighted by Crippen LogP contribution is 2.22. The molecule has 1 aromatic heterocycles. The second kappa shape index (κ2) is 7.26. The monoisotopic (exact) mass is 278 g/mol. The van der Waals surface area contributed by atoms with Crippen LogP contribution in [0, 0.1) is 5.92 Å². The van der Waals surface area contributed by atoms with E-state index in [-0.39, 0.29) is 12.4 Å². The third-order valence-electron chi connectivity index (χ3n) is 3.78. The summed E-state index contributed by atoms with van der Waals surface area (Å²) in [6, 6.07) is 1.78. The normalized spacial score (nSPS) is 17.9. The minimum absolute atomic E-state index is 0.0754. The van der Waals surface area contributed by atoms with E-state index in [1.165, 1.54) is 18.9 Å². The number of aromatic nitrogens is 1. The molecule has 0 aliphatic carbocycles. The molecule has 20 heavy (non-hydrogen) atoms. The number of hydrogen-bond donors (Lipinski definition) is 3. The van der Waals surface area contributed by atoms with Crippen molar-refractivity contribution in [3.8, 4) is 0 Å². The Morgan fingerprint density at radius 1 is 1.50 bits per heavy atom. The molecule has 5 nitrogen and oxygen atoms in total. The molecule has 0 saturated carbocycles. The number of nitrogens with one attached hydrogen (secondary N) is 1. The zero-order chi connectivity index (χ0) is 14.4. The summed E-state index contributed by atoms with van der Waals surface area (Å²) in [5, 5.41) is 26.2. The van der Waals surface area contributed by atoms with Gasteiger partial charge in [0.25, 0.3) is 0 Å². The van der Waals surface area contributed by atoms with Crippen molar-refractivity contribution in [2.24, 2.45) is 5.92 Å². The van der Waals surface area contributed by atoms with Crippen molar-refractivity contribution in [1.29, 1.82) is 0 Å². The van der Waals surface area contributed by atoms with Gasteiger partial charge in [0.05, 0.1) is 17.9 Å². The summed E-state index contributed by atoms with van der Waals surface area (Å²) < 4.78 is 5.19. The highest BCUT2D eigenvalue weighted by atomic mass is 16.5. The highest BCUT2D eigenvalue weighted by molar-refractivity contribution is 5.65. The van der Waals surface area contributed by atoms with Gasteiger partial charge in [-0.1, -0.05) is 11.7 Å². The van der Waals surface area contributed by atoms with E-state index in [1.807, 2.05) is 0 Å². The maximum absolute atomic E-state index is 9.62. The molecular weight excluding hydrogens is 256 g/mol. The smallest absolute Gasteiger partial charge is 0.169 e. The summed E-state index contributed by atoms with van der Waals surface area (Å²) in [6.07, 6.45) is 5.66. The zero-order valence-electron chi connectivity index (χ0n) is 11.6. The number of rotatable bonds is 6. The first-order valence-corrected chi connectivity index (χ1v) is 7.06. The van der Waals surface area contributed by atoms with Crippen LogP contribution in [-0.2, 0) is 6.42 Å². The lowest BCUT2D eigenvalue weighted by atomic mass is 9.92. The van der Waals surface area contributed by atoms with Gasteiger partial charge in [0.1, 0.15) is 5.76 Å². The topological polar surface area (TPSA) is 78.5 Å². The fourth-order valence-corrected chi connectivity index (χ4v) is 2.50. The Morgan fingerprint density at radius 3 is 2.90 bits per heavy atom. The van der Waals surface area contributed by atoms with Crippen LogP contribution in [0.4, 0.5) is 0 Å². The SMILES string of the molecule is C=C/C(O)=C(/CO)c1cc(CCC2CCNCC2)no1. The zero-order valence-corrected chi connectivity index (χ0v) is 11.6. The summed E-state index contributed by atoms with van der Waals surface area (Å²) in [6.45, 7) is 5.36. The molecule has 0 bridgehead atoms. The van der Waals surface area contributed by atoms with Crippen LogP contribution in [0.1, 0.15) is 30.7 Å². The lowest BCUT2D eigenvalue weighted by molar-refractivity contribution is 0.328. The first kappa shape index (κ1) is 14.8. The molecule has 3 N–H and O–H groups in total. The van der Waals surface area contributed by atoms with Crippen molar-refractivity contribution in [3.05, 3.63) is 35.9 Å². The van der Waals surface area contributed by atoms with E-state index >= 15 is 0 Å². The van der Waals surface area contributed by atoms with E-state index < -0.39 is 0 Å². The molecule has 0 unspecified atom stereocenters. The summed E-state index contributed by atoms with van der Waals surface area (Å²) >= 11 is 0. The van der Waals surface area contributed by atoms with Gasteiger partial charge in [-0.25, -0.2) is 0 Å². The quantitative estimate of drug-likeness (QED) is 0.548. The van der Waals surface area contributed by atoms with Crippen LogP contribution in [0.25, 0.3) is 5.57 Å². The van der Waals surface area contributed by atoms with Crippen LogP contribution in [0.15, 0.2) is 29.0 Å². The fraction of sp³-hybridized carbons (Fsp3) is 0.533. The molecule has 0 spiro atoms. The van der Waals surface area contributed by atoms with Gasteiger partial charge in [0, 0.05) is 6.07 Å². The number of hydrogen-bond acceptors (Lipinski definition) is 5. The minimum atomic E-state index is -0.305. The van der Waals surface area contributed by atoms with Crippen LogP contribution in [-0.4, -0.2) is 35.1 Å². The van der Waals surface area contributed by atoms with E-state index in [9.17, 15) is 10.2 Å². The first-order chi connectivity index (χ1) is 9.74. The molecule has 2 rings (SSSR count). The Bertz CT molecular complexity index is 473. The van der Waals surface area contributed by atoms with Gasteiger partial charge in [-0.05, 0) is 50.8 Å². The summed E-state index contributed by atoms with van der Waals surface area (Å²) in [5.74, 6) is 1.07. The second-order valence-electron chi connectivity index (χ2n) is 5.14. The number of allylic oxidation sites excluding steroid dienone is 1. The van der Waals surface area contributed by atoms with Crippen LogP contribution in [0.5, 0.6) is 0 Å². The number of aliphatic hydroxyl groups is 2. The Hall–Kier alpha value is -1.59. The molecule has 1 saturated heterocycles. The number of piperidine rings is 1. The van der Waals surface area contributed by atoms with Gasteiger partial charge < -0.3 is 20.1 Å². The van der Waals surface area contributed by atoms with Crippen molar-refractivity contribution >= 4 is 5.57 Å². The van der Waals surface area contributed by atoms with Crippen molar-refractivity contribution in [3.63, 3.8) is 0 Å². The van der Waals surface area contributed by atoms with E-state index in [1.54, 1.807) is 6.07 Å². The van der Waals surface area contributed by atoms with Crippen molar-refractivity contribution < 1.29 is 14.7 Å². The molecule has 110 valence electrons. The van der Waals surface area contributed by atoms with Gasteiger partial charge in [0.15, 0.2) is 5.76 Å². The van der Waals surface area contributed by atoms with Crippen LogP contribution in [0.3, 0.4) is 0 Å². The third-order valence-corrected chi connectivity index (χ3v) is 3.78. The van der Waals surface area contributed by atoms with Crippen LogP contribution < -0.4 is 5.32 Å². The molecule has 1 aromatic rings. The third kappa shape index (κ3) is 3.71. The lowest BCUT2D eigenvalue weighted by Crippen LogP contribution is -2.27. The molecule has 2 heterocycles. The molecular formula is C15H22N2O3. The predicted molar refractivity (Wildman–Crippen MR) is 77.2 cm³/mol. The molecule has 0 aromatic carbocycles. The number of aliphatic hydroxyl groups excluding tert-OH is 2. The van der Waals surface area contributed by atoms with Gasteiger partial charge >= 0.3 is 0 Å². The van der Waals surface area contributed by atoms with Gasteiger partial charge in [-0.3, -0.25) is 0 Å². The summed E-state index contributed by atoms with van der Waals surface area (Å²) in [4.78, 5) is 0. The van der Waals surface area contributed by atoms with Crippen molar-refractivity contribution in [2.45, 2.75) is 25.7 Å². The average molecular weight is 278 g/mol. The van der Waals surface area contributed by atoms with E-state index in [0.29, 0.717) is 11.3 Å². The molecule has 1 aliphatic heterocycles. The molecule has 5 heteroatoms. The summed E-state index contributed by atoms with van der Waals surface area (Å²) in [7, 11) is 0.